The molecule has 2 N–H and O–H groups in total. The van der Waals surface area contributed by atoms with Gasteiger partial charge in [0.2, 0.25) is 0 Å². The molecule has 2 aromatic carbocycles. The van der Waals surface area contributed by atoms with Crippen LogP contribution < -0.4 is 15.4 Å². The summed E-state index contributed by atoms with van der Waals surface area (Å²) in [6.07, 6.45) is 1.45. The first kappa shape index (κ1) is 31.1. The Morgan fingerprint density at radius 1 is 1.07 bits per heavy atom. The minimum atomic E-state index is -0.251. The molecule has 40 heavy (non-hydrogen) atoms. The van der Waals surface area contributed by atoms with Crippen molar-refractivity contribution in [3.8, 4) is 5.75 Å². The van der Waals surface area contributed by atoms with Crippen molar-refractivity contribution >= 4 is 17.6 Å². The number of morpholine rings is 1. The van der Waals surface area contributed by atoms with Gasteiger partial charge in [-0.15, -0.1) is 0 Å². The van der Waals surface area contributed by atoms with Gasteiger partial charge < -0.3 is 24.8 Å². The second-order valence-corrected chi connectivity index (χ2v) is 9.56. The molecule has 4 rings (SSSR count). The Hall–Kier alpha value is -3.47. The fourth-order valence-corrected chi connectivity index (χ4v) is 4.68. The first-order valence-corrected chi connectivity index (χ1v) is 13.9. The van der Waals surface area contributed by atoms with Gasteiger partial charge in [-0.25, -0.2) is 9.80 Å². The van der Waals surface area contributed by atoms with Gasteiger partial charge in [0.15, 0.2) is 0 Å². The number of urea groups is 1. The predicted molar refractivity (Wildman–Crippen MR) is 156 cm³/mol. The van der Waals surface area contributed by atoms with Gasteiger partial charge in [0, 0.05) is 64.1 Å². The molecule has 2 heterocycles. The van der Waals surface area contributed by atoms with E-state index < -0.39 is 0 Å². The van der Waals surface area contributed by atoms with Crippen molar-refractivity contribution in [3.05, 3.63) is 64.7 Å². The number of hydrazone groups is 1. The van der Waals surface area contributed by atoms with Crippen LogP contribution in [0.15, 0.2) is 47.6 Å². The second-order valence-electron chi connectivity index (χ2n) is 9.56. The van der Waals surface area contributed by atoms with Gasteiger partial charge in [0.1, 0.15) is 5.75 Å². The number of hydrogen-bond acceptors (Lipinski definition) is 7. The first-order valence-electron chi connectivity index (χ1n) is 13.9. The Labute approximate surface area is 237 Å². The summed E-state index contributed by atoms with van der Waals surface area (Å²) in [5, 5.41) is 12.1. The maximum absolute atomic E-state index is 12.8. The van der Waals surface area contributed by atoms with Crippen LogP contribution in [-0.4, -0.2) is 101 Å². The summed E-state index contributed by atoms with van der Waals surface area (Å²) in [4.78, 5) is 27.8. The molecule has 10 heteroatoms. The smallest absolute Gasteiger partial charge is 0.337 e. The summed E-state index contributed by atoms with van der Waals surface area (Å²) in [7, 11) is 4.86. The molecule has 0 aromatic heterocycles. The van der Waals surface area contributed by atoms with E-state index in [9.17, 15) is 9.59 Å². The molecule has 2 aliphatic rings. The molecule has 218 valence electrons. The number of carbonyl (C=O) groups is 2. The molecule has 0 saturated carbocycles. The third kappa shape index (κ3) is 8.27. The predicted octanol–water partition coefficient (Wildman–Crippen LogP) is 3.14. The number of methoxy groups -OCH3 is 1. The maximum Gasteiger partial charge on any atom is 0.337 e. The molecule has 0 aliphatic carbocycles. The molecule has 3 amide bonds. The number of hydrogen-bond donors (Lipinski definition) is 2. The number of benzene rings is 2. The lowest BCUT2D eigenvalue weighted by Gasteiger charge is -2.26. The normalized spacial score (nSPS) is 17.0. The number of ether oxygens (including phenoxy) is 3. The van der Waals surface area contributed by atoms with Gasteiger partial charge in [0.25, 0.3) is 5.91 Å². The highest BCUT2D eigenvalue weighted by Crippen LogP contribution is 2.28. The van der Waals surface area contributed by atoms with E-state index >= 15 is 0 Å². The van der Waals surface area contributed by atoms with Crippen LogP contribution in [0.5, 0.6) is 5.75 Å². The Morgan fingerprint density at radius 2 is 1.77 bits per heavy atom. The Kier molecular flexibility index (Phi) is 12.4. The molecule has 1 saturated heterocycles. The number of nitrogens with zero attached hydrogens (tertiary/aromatic N) is 3. The minimum Gasteiger partial charge on any atom is -0.494 e. The van der Waals surface area contributed by atoms with E-state index in [2.05, 4.69) is 33.3 Å². The number of amides is 3. The van der Waals surface area contributed by atoms with E-state index in [4.69, 9.17) is 14.6 Å². The zero-order valence-electron chi connectivity index (χ0n) is 24.4. The SMILES string of the molecule is CCOc1ccc2c(c1)C(c1ccc(C(=O)NCCN3CCOCC3)cc1)=NN(C(=O)NC)C(CC)C2.COC. The van der Waals surface area contributed by atoms with Crippen LogP contribution in [0.4, 0.5) is 4.79 Å². The Bertz CT molecular complexity index is 1130. The molecule has 1 unspecified atom stereocenters. The second kappa shape index (κ2) is 16.0. The lowest BCUT2D eigenvalue weighted by molar-refractivity contribution is 0.0383. The van der Waals surface area contributed by atoms with E-state index in [0.29, 0.717) is 30.8 Å². The average molecular weight is 554 g/mol. The Morgan fingerprint density at radius 3 is 2.40 bits per heavy atom. The van der Waals surface area contributed by atoms with Crippen molar-refractivity contribution in [2.45, 2.75) is 32.7 Å². The van der Waals surface area contributed by atoms with Gasteiger partial charge in [0.05, 0.1) is 31.6 Å². The fourth-order valence-electron chi connectivity index (χ4n) is 4.68. The summed E-state index contributed by atoms with van der Waals surface area (Å²) in [6, 6.07) is 13.1. The molecular weight excluding hydrogens is 510 g/mol. The van der Waals surface area contributed by atoms with Gasteiger partial charge in [-0.1, -0.05) is 25.1 Å². The summed E-state index contributed by atoms with van der Waals surface area (Å²) >= 11 is 0. The lowest BCUT2D eigenvalue weighted by atomic mass is 9.93. The third-order valence-electron chi connectivity index (χ3n) is 6.79. The van der Waals surface area contributed by atoms with Crippen molar-refractivity contribution in [2.75, 3.05) is 67.3 Å². The molecule has 0 spiro atoms. The molecule has 1 fully saturated rings. The number of fused-ring (bicyclic) bond motifs is 1. The highest BCUT2D eigenvalue weighted by molar-refractivity contribution is 6.14. The van der Waals surface area contributed by atoms with Crippen molar-refractivity contribution in [3.63, 3.8) is 0 Å². The molecule has 2 aliphatic heterocycles. The summed E-state index contributed by atoms with van der Waals surface area (Å²) in [5.41, 5.74) is 4.11. The summed E-state index contributed by atoms with van der Waals surface area (Å²) < 4.78 is 15.4. The van der Waals surface area contributed by atoms with Crippen molar-refractivity contribution in [1.82, 2.24) is 20.5 Å². The Balaban J connectivity index is 0.00000141. The molecule has 0 bridgehead atoms. The van der Waals surface area contributed by atoms with Crippen molar-refractivity contribution in [1.29, 1.82) is 0 Å². The van der Waals surface area contributed by atoms with E-state index in [1.807, 2.05) is 31.2 Å². The topological polar surface area (TPSA) is 105 Å². The number of rotatable bonds is 8. The highest BCUT2D eigenvalue weighted by Gasteiger charge is 2.29. The van der Waals surface area contributed by atoms with Crippen molar-refractivity contribution < 1.29 is 23.8 Å². The van der Waals surface area contributed by atoms with Gasteiger partial charge in [-0.2, -0.15) is 5.10 Å². The van der Waals surface area contributed by atoms with Crippen LogP contribution in [0.3, 0.4) is 0 Å². The first-order chi connectivity index (χ1) is 19.4. The number of nitrogens with one attached hydrogen (secondary N) is 2. The third-order valence-corrected chi connectivity index (χ3v) is 6.79. The number of carbonyl (C=O) groups excluding carboxylic acids is 2. The van der Waals surface area contributed by atoms with Crippen LogP contribution >= 0.6 is 0 Å². The van der Waals surface area contributed by atoms with Gasteiger partial charge >= 0.3 is 6.03 Å². The van der Waals surface area contributed by atoms with Crippen LogP contribution in [0, 0.1) is 0 Å². The minimum absolute atomic E-state index is 0.0781. The molecule has 10 nitrogen and oxygen atoms in total. The monoisotopic (exact) mass is 553 g/mol. The fraction of sp³-hybridized carbons (Fsp3) is 0.500. The largest absolute Gasteiger partial charge is 0.494 e. The maximum atomic E-state index is 12.8. The van der Waals surface area contributed by atoms with E-state index in [0.717, 1.165) is 61.7 Å². The molecular formula is C30H43N5O5. The summed E-state index contributed by atoms with van der Waals surface area (Å²) in [5.74, 6) is 0.645. The standard InChI is InChI=1S/C28H37N5O4.C2H6O/c1-4-23-18-22-10-11-24(37-5-2)19-25(22)26(31-33(23)28(35)29-3)20-6-8-21(9-7-20)27(34)30-12-13-32-14-16-36-17-15-32;1-3-2/h6-11,19,23H,4-5,12-18H2,1-3H3,(H,29,35)(H,30,34);1-2H3. The van der Waals surface area contributed by atoms with Gasteiger partial charge in [-0.3, -0.25) is 9.69 Å². The zero-order chi connectivity index (χ0) is 28.9. The van der Waals surface area contributed by atoms with Crippen LogP contribution in [0.25, 0.3) is 0 Å². The molecule has 1 atom stereocenters. The van der Waals surface area contributed by atoms with Crippen molar-refractivity contribution in [2.24, 2.45) is 5.10 Å². The van der Waals surface area contributed by atoms with Crippen LogP contribution in [0.2, 0.25) is 0 Å². The quantitative estimate of drug-likeness (QED) is 0.521. The molecule has 2 aromatic rings. The lowest BCUT2D eigenvalue weighted by Crippen LogP contribution is -2.42. The average Bonchev–Trinajstić information content (AvgIpc) is 3.14. The van der Waals surface area contributed by atoms with E-state index in [-0.39, 0.29) is 18.0 Å². The molecule has 0 radical (unpaired) electrons. The van der Waals surface area contributed by atoms with E-state index in [1.165, 1.54) is 0 Å². The van der Waals surface area contributed by atoms with Gasteiger partial charge in [-0.05, 0) is 49.6 Å². The highest BCUT2D eigenvalue weighted by atomic mass is 16.5. The van der Waals surface area contributed by atoms with Crippen LogP contribution in [-0.2, 0) is 15.9 Å². The summed E-state index contributed by atoms with van der Waals surface area (Å²) in [6.45, 7) is 9.22. The zero-order valence-corrected chi connectivity index (χ0v) is 24.4. The van der Waals surface area contributed by atoms with E-state index in [1.54, 1.807) is 38.4 Å². The van der Waals surface area contributed by atoms with Crippen LogP contribution in [0.1, 0.15) is 47.3 Å².